The predicted octanol–water partition coefficient (Wildman–Crippen LogP) is 5.63. The van der Waals surface area contributed by atoms with Crippen molar-refractivity contribution in [3.8, 4) is 0 Å². The molecule has 0 radical (unpaired) electrons. The molecule has 2 fully saturated rings. The van der Waals surface area contributed by atoms with E-state index in [4.69, 9.17) is 21.3 Å². The van der Waals surface area contributed by atoms with Crippen LogP contribution < -0.4 is 10.2 Å². The van der Waals surface area contributed by atoms with Crippen molar-refractivity contribution in [2.75, 3.05) is 30.0 Å². The number of anilines is 3. The summed E-state index contributed by atoms with van der Waals surface area (Å²) in [6.45, 7) is 6.79. The molecule has 7 heteroatoms. The van der Waals surface area contributed by atoms with Crippen molar-refractivity contribution in [1.82, 2.24) is 4.98 Å². The minimum Gasteiger partial charge on any atom is -0.481 e. The van der Waals surface area contributed by atoms with Crippen LogP contribution in [0.25, 0.3) is 0 Å². The van der Waals surface area contributed by atoms with Crippen molar-refractivity contribution in [3.63, 3.8) is 0 Å². The van der Waals surface area contributed by atoms with E-state index in [1.165, 1.54) is 0 Å². The smallest absolute Gasteiger partial charge is 0.314 e. The number of aromatic nitrogens is 1. The Kier molecular flexibility index (Phi) is 6.91. The molecule has 2 aliphatic rings. The van der Waals surface area contributed by atoms with E-state index in [1.54, 1.807) is 6.20 Å². The Hall–Kier alpha value is -2.31. The second-order valence-electron chi connectivity index (χ2n) is 9.36. The SMILES string of the molecule is CC(C)CN(c1ncc(C2(C(=O)O)CCC2)cc1Nc1ccc(Cl)cc1)C1CCOCC1. The standard InChI is InChI=1S/C25H32ClN3O3/c1-17(2)16-29(21-8-12-32-13-9-21)23-22(28-20-6-4-19(26)5-7-20)14-18(15-27-23)25(24(30)31)10-3-11-25/h4-7,14-15,17,21,28H,3,8-13,16H2,1-2H3,(H,30,31). The highest BCUT2D eigenvalue weighted by Gasteiger charge is 2.46. The first-order valence-electron chi connectivity index (χ1n) is 11.5. The molecule has 1 aromatic heterocycles. The number of aliphatic carboxylic acids is 1. The lowest BCUT2D eigenvalue weighted by Gasteiger charge is -2.40. The third-order valence-electron chi connectivity index (χ3n) is 6.62. The van der Waals surface area contributed by atoms with E-state index in [-0.39, 0.29) is 0 Å². The first-order chi connectivity index (χ1) is 15.4. The molecule has 32 heavy (non-hydrogen) atoms. The minimum absolute atomic E-state index is 0.340. The number of rotatable bonds is 8. The second-order valence-corrected chi connectivity index (χ2v) is 9.79. The number of nitrogens with zero attached hydrogens (tertiary/aromatic N) is 2. The van der Waals surface area contributed by atoms with Gasteiger partial charge in [0.15, 0.2) is 5.82 Å². The number of carboxylic acids is 1. The monoisotopic (exact) mass is 457 g/mol. The Labute approximate surface area is 194 Å². The first kappa shape index (κ1) is 22.9. The Balaban J connectivity index is 1.76. The van der Waals surface area contributed by atoms with Gasteiger partial charge in [0.1, 0.15) is 0 Å². The fourth-order valence-corrected chi connectivity index (χ4v) is 4.81. The van der Waals surface area contributed by atoms with Gasteiger partial charge >= 0.3 is 5.97 Å². The average Bonchev–Trinajstić information content (AvgIpc) is 2.74. The lowest BCUT2D eigenvalue weighted by Crippen LogP contribution is -2.44. The molecule has 0 spiro atoms. The molecule has 1 aliphatic carbocycles. The highest BCUT2D eigenvalue weighted by Crippen LogP contribution is 2.45. The summed E-state index contributed by atoms with van der Waals surface area (Å²) in [5.41, 5.74) is 1.67. The van der Waals surface area contributed by atoms with Gasteiger partial charge < -0.3 is 20.1 Å². The van der Waals surface area contributed by atoms with Crippen LogP contribution in [0.2, 0.25) is 5.02 Å². The van der Waals surface area contributed by atoms with Gasteiger partial charge in [-0.15, -0.1) is 0 Å². The van der Waals surface area contributed by atoms with Crippen molar-refractivity contribution in [3.05, 3.63) is 47.1 Å². The second kappa shape index (κ2) is 9.67. The summed E-state index contributed by atoms with van der Waals surface area (Å²) in [6.07, 6.45) is 5.92. The van der Waals surface area contributed by atoms with Gasteiger partial charge in [-0.05, 0) is 67.5 Å². The summed E-state index contributed by atoms with van der Waals surface area (Å²) < 4.78 is 5.60. The highest BCUT2D eigenvalue weighted by atomic mass is 35.5. The number of nitrogens with one attached hydrogen (secondary N) is 1. The third-order valence-corrected chi connectivity index (χ3v) is 6.88. The Bertz CT molecular complexity index is 938. The summed E-state index contributed by atoms with van der Waals surface area (Å²) in [7, 11) is 0. The number of carboxylic acid groups (broad SMARTS) is 1. The summed E-state index contributed by atoms with van der Waals surface area (Å²) in [5, 5.41) is 14.1. The minimum atomic E-state index is -0.830. The Morgan fingerprint density at radius 2 is 1.97 bits per heavy atom. The van der Waals surface area contributed by atoms with E-state index in [1.807, 2.05) is 30.3 Å². The molecule has 6 nitrogen and oxygen atoms in total. The zero-order valence-electron chi connectivity index (χ0n) is 18.8. The van der Waals surface area contributed by atoms with Crippen LogP contribution in [-0.4, -0.2) is 41.9 Å². The van der Waals surface area contributed by atoms with Gasteiger partial charge in [0.25, 0.3) is 0 Å². The van der Waals surface area contributed by atoms with Gasteiger partial charge in [-0.3, -0.25) is 4.79 Å². The predicted molar refractivity (Wildman–Crippen MR) is 128 cm³/mol. The topological polar surface area (TPSA) is 74.7 Å². The molecule has 2 heterocycles. The van der Waals surface area contributed by atoms with Crippen LogP contribution >= 0.6 is 11.6 Å². The lowest BCUT2D eigenvalue weighted by atomic mass is 9.65. The van der Waals surface area contributed by atoms with Gasteiger partial charge in [0, 0.05) is 42.7 Å². The maximum atomic E-state index is 12.1. The van der Waals surface area contributed by atoms with Gasteiger partial charge in [0.05, 0.1) is 11.1 Å². The van der Waals surface area contributed by atoms with Gasteiger partial charge in [-0.2, -0.15) is 0 Å². The van der Waals surface area contributed by atoms with Crippen LogP contribution in [0.3, 0.4) is 0 Å². The number of hydrogen-bond donors (Lipinski definition) is 2. The normalized spacial score (nSPS) is 18.2. The fraction of sp³-hybridized carbons (Fsp3) is 0.520. The van der Waals surface area contributed by atoms with Crippen molar-refractivity contribution in [2.45, 2.75) is 57.4 Å². The molecule has 0 atom stereocenters. The molecule has 0 bridgehead atoms. The molecule has 172 valence electrons. The molecular formula is C25H32ClN3O3. The molecule has 0 unspecified atom stereocenters. The van der Waals surface area contributed by atoms with Gasteiger partial charge in [-0.25, -0.2) is 4.98 Å². The van der Waals surface area contributed by atoms with E-state index in [2.05, 4.69) is 24.1 Å². The molecule has 1 saturated heterocycles. The summed E-state index contributed by atoms with van der Waals surface area (Å²) in [5.74, 6) is 0.558. The van der Waals surface area contributed by atoms with Crippen LogP contribution in [0.15, 0.2) is 36.5 Å². The van der Waals surface area contributed by atoms with Gasteiger partial charge in [-0.1, -0.05) is 31.9 Å². The summed E-state index contributed by atoms with van der Waals surface area (Å²) in [4.78, 5) is 19.4. The van der Waals surface area contributed by atoms with Crippen molar-refractivity contribution in [1.29, 1.82) is 0 Å². The molecule has 1 aliphatic heterocycles. The molecule has 2 aromatic rings. The Morgan fingerprint density at radius 1 is 1.28 bits per heavy atom. The lowest BCUT2D eigenvalue weighted by molar-refractivity contribution is -0.147. The number of ether oxygens (including phenoxy) is 1. The van der Waals surface area contributed by atoms with Crippen LogP contribution in [0.4, 0.5) is 17.2 Å². The number of pyridine rings is 1. The summed E-state index contributed by atoms with van der Waals surface area (Å²) >= 11 is 6.08. The molecule has 1 aromatic carbocycles. The van der Waals surface area contributed by atoms with Gasteiger partial charge in [0.2, 0.25) is 0 Å². The third kappa shape index (κ3) is 4.71. The number of hydrogen-bond acceptors (Lipinski definition) is 5. The van der Waals surface area contributed by atoms with Crippen molar-refractivity contribution >= 4 is 34.8 Å². The van der Waals surface area contributed by atoms with Crippen LogP contribution in [0.5, 0.6) is 0 Å². The number of halogens is 1. The van der Waals surface area contributed by atoms with E-state index in [9.17, 15) is 9.90 Å². The molecule has 4 rings (SSSR count). The largest absolute Gasteiger partial charge is 0.481 e. The zero-order valence-corrected chi connectivity index (χ0v) is 19.6. The molecule has 0 amide bonds. The fourth-order valence-electron chi connectivity index (χ4n) is 4.68. The number of carbonyl (C=O) groups is 1. The molecular weight excluding hydrogens is 426 g/mol. The number of benzene rings is 1. The van der Waals surface area contributed by atoms with Crippen LogP contribution in [0.1, 0.15) is 51.5 Å². The van der Waals surface area contributed by atoms with E-state index >= 15 is 0 Å². The van der Waals surface area contributed by atoms with Crippen LogP contribution in [-0.2, 0) is 14.9 Å². The molecule has 1 saturated carbocycles. The van der Waals surface area contributed by atoms with Crippen molar-refractivity contribution < 1.29 is 14.6 Å². The van der Waals surface area contributed by atoms with E-state index < -0.39 is 11.4 Å². The maximum Gasteiger partial charge on any atom is 0.314 e. The molecule has 2 N–H and O–H groups in total. The highest BCUT2D eigenvalue weighted by molar-refractivity contribution is 6.30. The summed E-state index contributed by atoms with van der Waals surface area (Å²) in [6, 6.07) is 9.88. The van der Waals surface area contributed by atoms with E-state index in [0.717, 1.165) is 61.8 Å². The maximum absolute atomic E-state index is 12.1. The Morgan fingerprint density at radius 3 is 2.53 bits per heavy atom. The first-order valence-corrected chi connectivity index (χ1v) is 11.9. The van der Waals surface area contributed by atoms with Crippen molar-refractivity contribution in [2.24, 2.45) is 5.92 Å². The average molecular weight is 458 g/mol. The quantitative estimate of drug-likeness (QED) is 0.535. The van der Waals surface area contributed by atoms with Crippen LogP contribution in [0, 0.1) is 5.92 Å². The zero-order chi connectivity index (χ0) is 22.7. The van der Waals surface area contributed by atoms with E-state index in [0.29, 0.717) is 29.8 Å².